The molecule has 0 saturated heterocycles. The van der Waals surface area contributed by atoms with Gasteiger partial charge in [0.2, 0.25) is 0 Å². The lowest BCUT2D eigenvalue weighted by Gasteiger charge is -2.01. The van der Waals surface area contributed by atoms with Crippen molar-refractivity contribution in [3.8, 4) is 23.1 Å². The van der Waals surface area contributed by atoms with E-state index in [2.05, 4.69) is 28.7 Å². The van der Waals surface area contributed by atoms with E-state index in [0.717, 1.165) is 37.2 Å². The van der Waals surface area contributed by atoms with Crippen molar-refractivity contribution >= 4 is 33.6 Å². The Hall–Kier alpha value is -2.00. The van der Waals surface area contributed by atoms with E-state index >= 15 is 0 Å². The number of methoxy groups -OCH3 is 1. The van der Waals surface area contributed by atoms with Gasteiger partial charge in [0.15, 0.2) is 0 Å². The molecule has 0 N–H and O–H groups in total. The van der Waals surface area contributed by atoms with E-state index in [1.807, 2.05) is 43.3 Å². The van der Waals surface area contributed by atoms with Crippen LogP contribution in [0.5, 0.6) is 5.75 Å². The van der Waals surface area contributed by atoms with Gasteiger partial charge >= 0.3 is 0 Å². The van der Waals surface area contributed by atoms with Gasteiger partial charge in [-0.05, 0) is 71.5 Å². The van der Waals surface area contributed by atoms with Gasteiger partial charge in [-0.3, -0.25) is 0 Å². The molecule has 1 heterocycles. The van der Waals surface area contributed by atoms with Crippen molar-refractivity contribution in [1.29, 1.82) is 5.26 Å². The Balaban J connectivity index is 2.24. The maximum Gasteiger partial charge on any atom is 0.148 e. The van der Waals surface area contributed by atoms with Gasteiger partial charge in [0.05, 0.1) is 27.7 Å². The fourth-order valence-corrected chi connectivity index (χ4v) is 3.32. The van der Waals surface area contributed by atoms with Gasteiger partial charge in [0, 0.05) is 5.56 Å². The first-order chi connectivity index (χ1) is 10.1. The highest BCUT2D eigenvalue weighted by Crippen LogP contribution is 2.37. The minimum atomic E-state index is 0.651. The molecule has 0 fully saturated rings. The second-order valence-electron chi connectivity index (χ2n) is 4.77. The van der Waals surface area contributed by atoms with Crippen LogP contribution in [0.1, 0.15) is 11.1 Å². The summed E-state index contributed by atoms with van der Waals surface area (Å²) in [4.78, 5) is 0. The molecule has 0 aliphatic heterocycles. The highest BCUT2D eigenvalue weighted by Gasteiger charge is 2.17. The Morgan fingerprint density at radius 3 is 2.52 bits per heavy atom. The molecule has 3 aromatic rings. The molecule has 1 aromatic heterocycles. The lowest BCUT2D eigenvalue weighted by Crippen LogP contribution is -1.83. The second-order valence-corrected chi connectivity index (χ2v) is 5.85. The molecule has 21 heavy (non-hydrogen) atoms. The summed E-state index contributed by atoms with van der Waals surface area (Å²) in [6.45, 7) is 1.96. The number of aryl methyl sites for hydroxylation is 1. The van der Waals surface area contributed by atoms with Gasteiger partial charge < -0.3 is 9.15 Å². The fraction of sp³-hybridized carbons (Fsp3) is 0.118. The molecule has 0 bridgehead atoms. The van der Waals surface area contributed by atoms with E-state index in [0.29, 0.717) is 5.56 Å². The standard InChI is InChI=1S/C17H12INO2/c1-10-7-12(9-19)15-14(8-10)21-17(16(15)18)11-3-5-13(20-2)6-4-11/h3-8H,1-2H3. The Labute approximate surface area is 136 Å². The molecule has 104 valence electrons. The first kappa shape index (κ1) is 14.0. The summed E-state index contributed by atoms with van der Waals surface area (Å²) < 4.78 is 12.1. The average Bonchev–Trinajstić information content (AvgIpc) is 2.83. The number of nitrogens with zero attached hydrogens (tertiary/aromatic N) is 1. The van der Waals surface area contributed by atoms with Gasteiger partial charge in [0.25, 0.3) is 0 Å². The molecule has 0 spiro atoms. The summed E-state index contributed by atoms with van der Waals surface area (Å²) in [6, 6.07) is 13.8. The van der Waals surface area contributed by atoms with Crippen molar-refractivity contribution in [2.24, 2.45) is 0 Å². The van der Waals surface area contributed by atoms with E-state index in [-0.39, 0.29) is 0 Å². The van der Waals surface area contributed by atoms with Crippen LogP contribution in [0.4, 0.5) is 0 Å². The van der Waals surface area contributed by atoms with Gasteiger partial charge in [-0.15, -0.1) is 0 Å². The molecule has 0 aliphatic carbocycles. The third kappa shape index (κ3) is 2.38. The number of nitriles is 1. The molecule has 0 aliphatic rings. The Bertz CT molecular complexity index is 857. The number of furan rings is 1. The normalized spacial score (nSPS) is 10.6. The van der Waals surface area contributed by atoms with Crippen LogP contribution in [-0.4, -0.2) is 7.11 Å². The fourth-order valence-electron chi connectivity index (χ4n) is 2.34. The van der Waals surface area contributed by atoms with Crippen molar-refractivity contribution in [3.05, 3.63) is 51.1 Å². The van der Waals surface area contributed by atoms with Crippen LogP contribution in [0, 0.1) is 21.8 Å². The minimum Gasteiger partial charge on any atom is -0.497 e. The summed E-state index contributed by atoms with van der Waals surface area (Å²) in [5.41, 5.74) is 3.39. The summed E-state index contributed by atoms with van der Waals surface area (Å²) in [5.74, 6) is 1.59. The number of ether oxygens (including phenoxy) is 1. The number of fused-ring (bicyclic) bond motifs is 1. The van der Waals surface area contributed by atoms with Crippen LogP contribution in [0.15, 0.2) is 40.8 Å². The summed E-state index contributed by atoms with van der Waals surface area (Å²) >= 11 is 2.24. The lowest BCUT2D eigenvalue weighted by atomic mass is 10.1. The largest absolute Gasteiger partial charge is 0.497 e. The van der Waals surface area contributed by atoms with Crippen LogP contribution in [-0.2, 0) is 0 Å². The molecule has 0 radical (unpaired) electrons. The number of rotatable bonds is 2. The molecule has 0 amide bonds. The summed E-state index contributed by atoms with van der Waals surface area (Å²) in [5, 5.41) is 10.2. The molecule has 4 heteroatoms. The summed E-state index contributed by atoms with van der Waals surface area (Å²) in [6.07, 6.45) is 0. The number of halogens is 1. The number of benzene rings is 2. The highest BCUT2D eigenvalue weighted by molar-refractivity contribution is 14.1. The predicted molar refractivity (Wildman–Crippen MR) is 90.4 cm³/mol. The van der Waals surface area contributed by atoms with E-state index in [9.17, 15) is 5.26 Å². The van der Waals surface area contributed by atoms with Gasteiger partial charge in [-0.1, -0.05) is 0 Å². The van der Waals surface area contributed by atoms with Gasteiger partial charge in [0.1, 0.15) is 17.1 Å². The van der Waals surface area contributed by atoms with Crippen LogP contribution in [0.3, 0.4) is 0 Å². The highest BCUT2D eigenvalue weighted by atomic mass is 127. The Kier molecular flexibility index (Phi) is 3.60. The molecule has 3 nitrogen and oxygen atoms in total. The smallest absolute Gasteiger partial charge is 0.148 e. The maximum absolute atomic E-state index is 9.32. The van der Waals surface area contributed by atoms with Gasteiger partial charge in [-0.2, -0.15) is 5.26 Å². The third-order valence-corrected chi connectivity index (χ3v) is 4.38. The molecular formula is C17H12INO2. The SMILES string of the molecule is COc1ccc(-c2oc3cc(C)cc(C#N)c3c2I)cc1. The Morgan fingerprint density at radius 2 is 1.90 bits per heavy atom. The van der Waals surface area contributed by atoms with E-state index in [1.165, 1.54) is 0 Å². The zero-order valence-corrected chi connectivity index (χ0v) is 13.8. The maximum atomic E-state index is 9.32. The zero-order chi connectivity index (χ0) is 15.0. The van der Waals surface area contributed by atoms with Crippen molar-refractivity contribution in [2.45, 2.75) is 6.92 Å². The number of hydrogen-bond donors (Lipinski definition) is 0. The minimum absolute atomic E-state index is 0.651. The molecule has 0 unspecified atom stereocenters. The number of hydrogen-bond acceptors (Lipinski definition) is 3. The van der Waals surface area contributed by atoms with Crippen molar-refractivity contribution in [2.75, 3.05) is 7.11 Å². The first-order valence-corrected chi connectivity index (χ1v) is 7.49. The Morgan fingerprint density at radius 1 is 1.19 bits per heavy atom. The van der Waals surface area contributed by atoms with Crippen molar-refractivity contribution in [1.82, 2.24) is 0 Å². The second kappa shape index (κ2) is 5.41. The van der Waals surface area contributed by atoms with E-state index in [1.54, 1.807) is 7.11 Å². The van der Waals surface area contributed by atoms with Crippen molar-refractivity contribution < 1.29 is 9.15 Å². The first-order valence-electron chi connectivity index (χ1n) is 6.41. The van der Waals surface area contributed by atoms with Crippen LogP contribution in [0.25, 0.3) is 22.3 Å². The van der Waals surface area contributed by atoms with E-state index < -0.39 is 0 Å². The van der Waals surface area contributed by atoms with E-state index in [4.69, 9.17) is 9.15 Å². The third-order valence-electron chi connectivity index (χ3n) is 3.35. The molecule has 0 atom stereocenters. The van der Waals surface area contributed by atoms with Crippen LogP contribution >= 0.6 is 22.6 Å². The molecule has 0 saturated carbocycles. The lowest BCUT2D eigenvalue weighted by molar-refractivity contribution is 0.415. The summed E-state index contributed by atoms with van der Waals surface area (Å²) in [7, 11) is 1.64. The average molecular weight is 389 g/mol. The molecular weight excluding hydrogens is 377 g/mol. The predicted octanol–water partition coefficient (Wildman–Crippen LogP) is 4.89. The van der Waals surface area contributed by atoms with Gasteiger partial charge in [-0.25, -0.2) is 0 Å². The monoisotopic (exact) mass is 389 g/mol. The zero-order valence-electron chi connectivity index (χ0n) is 11.6. The topological polar surface area (TPSA) is 46.2 Å². The van der Waals surface area contributed by atoms with Crippen LogP contribution < -0.4 is 4.74 Å². The molecule has 2 aromatic carbocycles. The quantitative estimate of drug-likeness (QED) is 0.586. The molecule has 3 rings (SSSR count). The van der Waals surface area contributed by atoms with Crippen molar-refractivity contribution in [3.63, 3.8) is 0 Å². The van der Waals surface area contributed by atoms with Crippen LogP contribution in [0.2, 0.25) is 0 Å².